The van der Waals surface area contributed by atoms with E-state index in [4.69, 9.17) is 4.74 Å². The first kappa shape index (κ1) is 14.3. The summed E-state index contributed by atoms with van der Waals surface area (Å²) in [4.78, 5) is 2.23. The van der Waals surface area contributed by atoms with Crippen LogP contribution in [0.1, 0.15) is 13.8 Å². The summed E-state index contributed by atoms with van der Waals surface area (Å²) in [6.45, 7) is 5.30. The van der Waals surface area contributed by atoms with Crippen LogP contribution in [-0.4, -0.2) is 33.3 Å². The average molecular weight is 301 g/mol. The summed E-state index contributed by atoms with van der Waals surface area (Å²) in [6.07, 6.45) is 0. The number of nitrogens with one attached hydrogen (secondary N) is 1. The lowest BCUT2D eigenvalue weighted by Crippen LogP contribution is -2.48. The highest BCUT2D eigenvalue weighted by Crippen LogP contribution is 2.34. The number of rotatable bonds is 5. The van der Waals surface area contributed by atoms with Crippen LogP contribution in [0.3, 0.4) is 0 Å². The Bertz CT molecular complexity index is 380. The van der Waals surface area contributed by atoms with Gasteiger partial charge < -0.3 is 15.0 Å². The van der Waals surface area contributed by atoms with E-state index in [9.17, 15) is 0 Å². The molecule has 0 radical (unpaired) electrons. The lowest BCUT2D eigenvalue weighted by Gasteiger charge is -2.38. The molecule has 0 atom stereocenters. The normalized spacial score (nSPS) is 11.4. The maximum absolute atomic E-state index is 5.41. The molecular formula is C13H21BrN2O. The topological polar surface area (TPSA) is 24.5 Å². The van der Waals surface area contributed by atoms with Crippen LogP contribution in [0, 0.1) is 0 Å². The van der Waals surface area contributed by atoms with Crippen molar-refractivity contribution in [3.05, 3.63) is 22.7 Å². The first-order valence-electron chi connectivity index (χ1n) is 5.64. The molecule has 0 heterocycles. The van der Waals surface area contributed by atoms with Gasteiger partial charge >= 0.3 is 0 Å². The third-order valence-electron chi connectivity index (χ3n) is 3.02. The van der Waals surface area contributed by atoms with E-state index in [-0.39, 0.29) is 5.54 Å². The van der Waals surface area contributed by atoms with Crippen LogP contribution < -0.4 is 15.0 Å². The minimum absolute atomic E-state index is 0.0167. The molecule has 0 saturated carbocycles. The van der Waals surface area contributed by atoms with E-state index in [1.54, 1.807) is 7.11 Å². The summed E-state index contributed by atoms with van der Waals surface area (Å²) in [5, 5.41) is 3.22. The number of hydrogen-bond donors (Lipinski definition) is 1. The number of halogens is 1. The summed E-state index contributed by atoms with van der Waals surface area (Å²) in [6, 6.07) is 6.04. The van der Waals surface area contributed by atoms with E-state index in [1.165, 1.54) is 0 Å². The third-order valence-corrected chi connectivity index (χ3v) is 3.51. The van der Waals surface area contributed by atoms with E-state index in [0.29, 0.717) is 0 Å². The number of hydrogen-bond acceptors (Lipinski definition) is 3. The van der Waals surface area contributed by atoms with E-state index in [2.05, 4.69) is 53.1 Å². The van der Waals surface area contributed by atoms with Crippen molar-refractivity contribution in [3.8, 4) is 5.75 Å². The molecule has 96 valence electrons. The molecular weight excluding hydrogens is 280 g/mol. The molecule has 0 aliphatic heterocycles. The highest BCUT2D eigenvalue weighted by atomic mass is 79.9. The summed E-state index contributed by atoms with van der Waals surface area (Å²) < 4.78 is 6.47. The van der Waals surface area contributed by atoms with Crippen molar-refractivity contribution in [1.29, 1.82) is 0 Å². The Labute approximate surface area is 112 Å². The summed E-state index contributed by atoms with van der Waals surface area (Å²) in [5.41, 5.74) is 1.10. The van der Waals surface area contributed by atoms with Crippen molar-refractivity contribution in [2.45, 2.75) is 19.4 Å². The van der Waals surface area contributed by atoms with Gasteiger partial charge in [0, 0.05) is 23.6 Å². The quantitative estimate of drug-likeness (QED) is 0.905. The van der Waals surface area contributed by atoms with Crippen LogP contribution in [0.5, 0.6) is 5.75 Å². The highest BCUT2D eigenvalue weighted by molar-refractivity contribution is 9.10. The standard InChI is InChI=1S/C13H21BrN2O/c1-13(2,9-15-3)16(4)11-8-10(14)6-7-12(11)17-5/h6-8,15H,9H2,1-5H3. The summed E-state index contributed by atoms with van der Waals surface area (Å²) in [5.74, 6) is 0.889. The predicted octanol–water partition coefficient (Wildman–Crippen LogP) is 2.89. The number of methoxy groups -OCH3 is 1. The fourth-order valence-electron chi connectivity index (χ4n) is 1.80. The molecule has 0 aromatic heterocycles. The zero-order valence-corrected chi connectivity index (χ0v) is 12.8. The molecule has 0 amide bonds. The first-order valence-corrected chi connectivity index (χ1v) is 6.43. The lowest BCUT2D eigenvalue weighted by atomic mass is 10.0. The Morgan fingerprint density at radius 3 is 2.59 bits per heavy atom. The van der Waals surface area contributed by atoms with E-state index in [1.807, 2.05) is 19.2 Å². The fourth-order valence-corrected chi connectivity index (χ4v) is 2.15. The van der Waals surface area contributed by atoms with Crippen LogP contribution in [0.15, 0.2) is 22.7 Å². The van der Waals surface area contributed by atoms with Gasteiger partial charge in [0.25, 0.3) is 0 Å². The maximum atomic E-state index is 5.41. The monoisotopic (exact) mass is 300 g/mol. The van der Waals surface area contributed by atoms with Crippen LogP contribution >= 0.6 is 15.9 Å². The van der Waals surface area contributed by atoms with Gasteiger partial charge in [-0.05, 0) is 39.1 Å². The molecule has 1 aromatic carbocycles. The molecule has 1 rings (SSSR count). The second kappa shape index (κ2) is 5.74. The Kier molecular flexibility index (Phi) is 4.83. The van der Waals surface area contributed by atoms with Crippen LogP contribution in [-0.2, 0) is 0 Å². The van der Waals surface area contributed by atoms with Crippen molar-refractivity contribution in [1.82, 2.24) is 5.32 Å². The van der Waals surface area contributed by atoms with Crippen molar-refractivity contribution < 1.29 is 4.74 Å². The average Bonchev–Trinajstić information content (AvgIpc) is 2.28. The predicted molar refractivity (Wildman–Crippen MR) is 77.1 cm³/mol. The molecule has 0 aliphatic rings. The van der Waals surface area contributed by atoms with Gasteiger partial charge in [-0.3, -0.25) is 0 Å². The Hall–Kier alpha value is -0.740. The van der Waals surface area contributed by atoms with Crippen molar-refractivity contribution in [3.63, 3.8) is 0 Å². The van der Waals surface area contributed by atoms with Gasteiger partial charge in [0.2, 0.25) is 0 Å². The molecule has 0 spiro atoms. The summed E-state index contributed by atoms with van der Waals surface area (Å²) >= 11 is 3.50. The maximum Gasteiger partial charge on any atom is 0.142 e. The largest absolute Gasteiger partial charge is 0.495 e. The minimum Gasteiger partial charge on any atom is -0.495 e. The Morgan fingerprint density at radius 1 is 1.41 bits per heavy atom. The summed E-state index contributed by atoms with van der Waals surface area (Å²) in [7, 11) is 5.75. The highest BCUT2D eigenvalue weighted by Gasteiger charge is 2.25. The molecule has 0 fully saturated rings. The van der Waals surface area contributed by atoms with Crippen molar-refractivity contribution in [2.24, 2.45) is 0 Å². The zero-order valence-electron chi connectivity index (χ0n) is 11.2. The van der Waals surface area contributed by atoms with Gasteiger partial charge in [-0.15, -0.1) is 0 Å². The molecule has 0 aliphatic carbocycles. The van der Waals surface area contributed by atoms with Gasteiger partial charge in [0.15, 0.2) is 0 Å². The molecule has 1 N–H and O–H groups in total. The van der Waals surface area contributed by atoms with Crippen LogP contribution in [0.2, 0.25) is 0 Å². The van der Waals surface area contributed by atoms with Gasteiger partial charge in [-0.1, -0.05) is 15.9 Å². The van der Waals surface area contributed by atoms with E-state index < -0.39 is 0 Å². The van der Waals surface area contributed by atoms with Crippen LogP contribution in [0.25, 0.3) is 0 Å². The Balaban J connectivity index is 3.09. The van der Waals surface area contributed by atoms with Crippen molar-refractivity contribution in [2.75, 3.05) is 32.6 Å². The number of likely N-dealkylation sites (N-methyl/N-ethyl adjacent to an activating group) is 2. The molecule has 17 heavy (non-hydrogen) atoms. The number of anilines is 1. The fraction of sp³-hybridized carbons (Fsp3) is 0.538. The molecule has 4 heteroatoms. The zero-order chi connectivity index (χ0) is 13.1. The first-order chi connectivity index (χ1) is 7.92. The second-order valence-corrected chi connectivity index (χ2v) is 5.63. The SMILES string of the molecule is CNCC(C)(C)N(C)c1cc(Br)ccc1OC. The third kappa shape index (κ3) is 3.36. The smallest absolute Gasteiger partial charge is 0.142 e. The van der Waals surface area contributed by atoms with Gasteiger partial charge in [-0.25, -0.2) is 0 Å². The van der Waals surface area contributed by atoms with Crippen LogP contribution in [0.4, 0.5) is 5.69 Å². The molecule has 0 saturated heterocycles. The number of ether oxygens (including phenoxy) is 1. The Morgan fingerprint density at radius 2 is 2.06 bits per heavy atom. The van der Waals surface area contributed by atoms with Gasteiger partial charge in [0.05, 0.1) is 12.8 Å². The van der Waals surface area contributed by atoms with Gasteiger partial charge in [0.1, 0.15) is 5.75 Å². The van der Waals surface area contributed by atoms with E-state index >= 15 is 0 Å². The molecule has 1 aromatic rings. The molecule has 3 nitrogen and oxygen atoms in total. The molecule has 0 unspecified atom stereocenters. The van der Waals surface area contributed by atoms with E-state index in [0.717, 1.165) is 22.5 Å². The lowest BCUT2D eigenvalue weighted by molar-refractivity contribution is 0.405. The van der Waals surface area contributed by atoms with Crippen molar-refractivity contribution >= 4 is 21.6 Å². The minimum atomic E-state index is 0.0167. The number of nitrogens with zero attached hydrogens (tertiary/aromatic N) is 1. The second-order valence-electron chi connectivity index (χ2n) is 4.72. The van der Waals surface area contributed by atoms with Gasteiger partial charge in [-0.2, -0.15) is 0 Å². The number of benzene rings is 1. The molecule has 0 bridgehead atoms.